The molecule has 8 heteroatoms. The van der Waals surface area contributed by atoms with Crippen molar-refractivity contribution in [3.8, 4) is 11.3 Å². The normalized spacial score (nSPS) is 10.7. The molecule has 144 valence electrons. The number of nitrogens with one attached hydrogen (secondary N) is 1. The Bertz CT molecular complexity index is 1260. The predicted molar refractivity (Wildman–Crippen MR) is 111 cm³/mol. The van der Waals surface area contributed by atoms with Crippen LogP contribution in [0.3, 0.4) is 0 Å². The molecule has 0 spiro atoms. The Hall–Kier alpha value is -3.78. The fourth-order valence-electron chi connectivity index (χ4n) is 2.86. The van der Waals surface area contributed by atoms with Gasteiger partial charge in [0.25, 0.3) is 11.5 Å². The second kappa shape index (κ2) is 7.69. The summed E-state index contributed by atoms with van der Waals surface area (Å²) in [5.74, 6) is -1.05. The molecule has 7 nitrogen and oxygen atoms in total. The summed E-state index contributed by atoms with van der Waals surface area (Å²) in [4.78, 5) is 41.9. The zero-order valence-electron chi connectivity index (χ0n) is 15.3. The number of rotatable bonds is 4. The third-order valence-corrected chi connectivity index (χ3v) is 5.16. The molecule has 0 saturated heterocycles. The third-order valence-electron chi connectivity index (χ3n) is 4.32. The van der Waals surface area contributed by atoms with Gasteiger partial charge in [0.05, 0.1) is 18.4 Å². The van der Waals surface area contributed by atoms with E-state index in [4.69, 9.17) is 0 Å². The van der Waals surface area contributed by atoms with Crippen LogP contribution in [0, 0.1) is 0 Å². The van der Waals surface area contributed by atoms with E-state index in [0.717, 1.165) is 5.56 Å². The number of fused-ring (bicyclic) bond motifs is 1. The highest BCUT2D eigenvalue weighted by atomic mass is 32.1. The minimum atomic E-state index is -0.576. The van der Waals surface area contributed by atoms with Crippen LogP contribution in [0.1, 0.15) is 20.7 Å². The van der Waals surface area contributed by atoms with Crippen molar-refractivity contribution in [2.45, 2.75) is 0 Å². The van der Waals surface area contributed by atoms with Gasteiger partial charge in [0.2, 0.25) is 0 Å². The number of esters is 1. The van der Waals surface area contributed by atoms with Crippen molar-refractivity contribution in [1.29, 1.82) is 0 Å². The molecule has 4 aromatic rings. The summed E-state index contributed by atoms with van der Waals surface area (Å²) in [6, 6.07) is 15.6. The lowest BCUT2D eigenvalue weighted by Gasteiger charge is -2.07. The van der Waals surface area contributed by atoms with Crippen LogP contribution in [-0.4, -0.2) is 28.4 Å². The average molecular weight is 405 g/mol. The molecule has 0 atom stereocenters. The maximum atomic E-state index is 13.0. The van der Waals surface area contributed by atoms with Gasteiger partial charge in [-0.2, -0.15) is 0 Å². The molecule has 2 aromatic carbocycles. The second-order valence-electron chi connectivity index (χ2n) is 6.11. The molecule has 0 fully saturated rings. The van der Waals surface area contributed by atoms with Gasteiger partial charge in [0, 0.05) is 17.3 Å². The average Bonchev–Trinajstić information content (AvgIpc) is 3.19. The number of benzene rings is 2. The Balaban J connectivity index is 1.67. The van der Waals surface area contributed by atoms with Crippen LogP contribution in [0.5, 0.6) is 0 Å². The molecule has 4 rings (SSSR count). The van der Waals surface area contributed by atoms with Crippen molar-refractivity contribution in [2.24, 2.45) is 0 Å². The fourth-order valence-corrected chi connectivity index (χ4v) is 3.72. The van der Waals surface area contributed by atoms with Gasteiger partial charge in [-0.3, -0.25) is 14.0 Å². The molecule has 2 heterocycles. The number of hydrogen-bond donors (Lipinski definition) is 1. The lowest BCUT2D eigenvalue weighted by atomic mass is 10.2. The van der Waals surface area contributed by atoms with Crippen molar-refractivity contribution in [3.63, 3.8) is 0 Å². The standard InChI is InChI=1S/C21H15N3O4S/c1-28-20(27)14-7-9-15(10-8-14)23-18(25)16-11-22-21-24(19(16)26)17(12-29-21)13-5-3-2-4-6-13/h2-12H,1H3,(H,23,25). The molecule has 2 aromatic heterocycles. The zero-order chi connectivity index (χ0) is 20.4. The minimum Gasteiger partial charge on any atom is -0.465 e. The predicted octanol–water partition coefficient (Wildman–Crippen LogP) is 3.46. The van der Waals surface area contributed by atoms with Crippen molar-refractivity contribution in [1.82, 2.24) is 9.38 Å². The van der Waals surface area contributed by atoms with Crippen LogP contribution in [0.15, 0.2) is 71.0 Å². The zero-order valence-corrected chi connectivity index (χ0v) is 16.1. The maximum Gasteiger partial charge on any atom is 0.337 e. The quantitative estimate of drug-likeness (QED) is 0.525. The van der Waals surface area contributed by atoms with E-state index in [-0.39, 0.29) is 5.56 Å². The first-order chi connectivity index (χ1) is 14.1. The van der Waals surface area contributed by atoms with Gasteiger partial charge in [-0.05, 0) is 29.8 Å². The number of amides is 1. The van der Waals surface area contributed by atoms with Crippen LogP contribution in [0.4, 0.5) is 5.69 Å². The van der Waals surface area contributed by atoms with Crippen molar-refractivity contribution in [3.05, 3.63) is 87.7 Å². The van der Waals surface area contributed by atoms with E-state index in [9.17, 15) is 14.4 Å². The molecule has 1 amide bonds. The summed E-state index contributed by atoms with van der Waals surface area (Å²) in [5.41, 5.74) is 1.83. The number of thiazole rings is 1. The molecule has 0 aliphatic heterocycles. The van der Waals surface area contributed by atoms with E-state index in [2.05, 4.69) is 15.0 Å². The van der Waals surface area contributed by atoms with Gasteiger partial charge in [0.1, 0.15) is 5.56 Å². The van der Waals surface area contributed by atoms with E-state index >= 15 is 0 Å². The first-order valence-corrected chi connectivity index (χ1v) is 9.51. The Labute approximate surface area is 169 Å². The van der Waals surface area contributed by atoms with Crippen molar-refractivity contribution >= 4 is 33.9 Å². The smallest absolute Gasteiger partial charge is 0.337 e. The molecule has 0 aliphatic carbocycles. The van der Waals surface area contributed by atoms with E-state index in [1.54, 1.807) is 12.1 Å². The Morgan fingerprint density at radius 3 is 2.48 bits per heavy atom. The van der Waals surface area contributed by atoms with Crippen LogP contribution in [0.2, 0.25) is 0 Å². The molecule has 0 aliphatic rings. The molecular formula is C21H15N3O4S. The van der Waals surface area contributed by atoms with Gasteiger partial charge >= 0.3 is 5.97 Å². The summed E-state index contributed by atoms with van der Waals surface area (Å²) in [6.07, 6.45) is 1.28. The van der Waals surface area contributed by atoms with E-state index in [1.165, 1.54) is 41.2 Å². The number of nitrogens with zero attached hydrogens (tertiary/aromatic N) is 2. The number of anilines is 1. The summed E-state index contributed by atoms with van der Waals surface area (Å²) in [7, 11) is 1.29. The van der Waals surface area contributed by atoms with Gasteiger partial charge in [-0.15, -0.1) is 11.3 Å². The summed E-state index contributed by atoms with van der Waals surface area (Å²) in [6.45, 7) is 0. The highest BCUT2D eigenvalue weighted by molar-refractivity contribution is 7.15. The second-order valence-corrected chi connectivity index (χ2v) is 6.94. The highest BCUT2D eigenvalue weighted by Gasteiger charge is 2.17. The van der Waals surface area contributed by atoms with Crippen LogP contribution < -0.4 is 10.9 Å². The van der Waals surface area contributed by atoms with E-state index in [1.807, 2.05) is 35.7 Å². The van der Waals surface area contributed by atoms with E-state index in [0.29, 0.717) is 21.9 Å². The summed E-state index contributed by atoms with van der Waals surface area (Å²) < 4.78 is 6.09. The molecule has 1 N–H and O–H groups in total. The van der Waals surface area contributed by atoms with Gasteiger partial charge in [0.15, 0.2) is 4.96 Å². The van der Waals surface area contributed by atoms with Crippen molar-refractivity contribution in [2.75, 3.05) is 12.4 Å². The number of aromatic nitrogens is 2. The molecule has 0 radical (unpaired) electrons. The first-order valence-electron chi connectivity index (χ1n) is 8.63. The minimum absolute atomic E-state index is 0.0740. The largest absolute Gasteiger partial charge is 0.465 e. The molecule has 29 heavy (non-hydrogen) atoms. The lowest BCUT2D eigenvalue weighted by Crippen LogP contribution is -2.26. The number of carbonyl (C=O) groups is 2. The van der Waals surface area contributed by atoms with Gasteiger partial charge in [-0.25, -0.2) is 9.78 Å². The Kier molecular flexibility index (Phi) is 4.92. The van der Waals surface area contributed by atoms with Gasteiger partial charge in [-0.1, -0.05) is 30.3 Å². The third kappa shape index (κ3) is 3.53. The topological polar surface area (TPSA) is 89.8 Å². The number of hydrogen-bond acceptors (Lipinski definition) is 6. The molecule has 0 bridgehead atoms. The molecular weight excluding hydrogens is 390 g/mol. The Morgan fingerprint density at radius 1 is 1.07 bits per heavy atom. The first kappa shape index (κ1) is 18.6. The Morgan fingerprint density at radius 2 is 1.79 bits per heavy atom. The van der Waals surface area contributed by atoms with E-state index < -0.39 is 17.4 Å². The van der Waals surface area contributed by atoms with Crippen molar-refractivity contribution < 1.29 is 14.3 Å². The molecule has 0 unspecified atom stereocenters. The van der Waals surface area contributed by atoms with Crippen LogP contribution in [-0.2, 0) is 4.74 Å². The highest BCUT2D eigenvalue weighted by Crippen LogP contribution is 2.23. The maximum absolute atomic E-state index is 13.0. The van der Waals surface area contributed by atoms with Gasteiger partial charge < -0.3 is 10.1 Å². The summed E-state index contributed by atoms with van der Waals surface area (Å²) >= 11 is 1.33. The van der Waals surface area contributed by atoms with Crippen LogP contribution >= 0.6 is 11.3 Å². The SMILES string of the molecule is COC(=O)c1ccc(NC(=O)c2cnc3scc(-c4ccccc4)n3c2=O)cc1. The number of ether oxygens (including phenoxy) is 1. The number of methoxy groups -OCH3 is 1. The lowest BCUT2D eigenvalue weighted by molar-refractivity contribution is 0.0600. The van der Waals surface area contributed by atoms with Crippen LogP contribution in [0.25, 0.3) is 16.2 Å². The monoisotopic (exact) mass is 405 g/mol. The molecule has 0 saturated carbocycles. The summed E-state index contributed by atoms with van der Waals surface area (Å²) in [5, 5.41) is 4.50. The fraction of sp³-hybridized carbons (Fsp3) is 0.0476. The number of carbonyl (C=O) groups excluding carboxylic acids is 2.